The number of carbonyl (C=O) groups is 2. The Labute approximate surface area is 137 Å². The molecule has 1 aliphatic heterocycles. The van der Waals surface area contributed by atoms with Gasteiger partial charge in [-0.1, -0.05) is 0 Å². The molecule has 0 saturated heterocycles. The van der Waals surface area contributed by atoms with Crippen molar-refractivity contribution in [2.45, 2.75) is 13.0 Å². The van der Waals surface area contributed by atoms with E-state index in [0.717, 1.165) is 0 Å². The number of pyridine rings is 1. The molecule has 1 aliphatic rings. The molecule has 8 nitrogen and oxygen atoms in total. The molecular formula is C16H14N2O6. The van der Waals surface area contributed by atoms with Crippen LogP contribution in [0.25, 0.3) is 0 Å². The van der Waals surface area contributed by atoms with Crippen LogP contribution in [0, 0.1) is 5.21 Å². The highest BCUT2D eigenvalue weighted by molar-refractivity contribution is 5.96. The second-order valence-electron chi connectivity index (χ2n) is 5.02. The van der Waals surface area contributed by atoms with Crippen LogP contribution >= 0.6 is 0 Å². The average Bonchev–Trinajstić information content (AvgIpc) is 3.02. The van der Waals surface area contributed by atoms with Crippen LogP contribution < -0.4 is 19.5 Å². The summed E-state index contributed by atoms with van der Waals surface area (Å²) in [5.41, 5.74) is 0.283. The lowest BCUT2D eigenvalue weighted by atomic mass is 10.2. The topological polar surface area (TPSA) is 101 Å². The Hall–Kier alpha value is -3.29. The van der Waals surface area contributed by atoms with E-state index in [9.17, 15) is 14.8 Å². The van der Waals surface area contributed by atoms with Gasteiger partial charge in [0.15, 0.2) is 23.8 Å². The van der Waals surface area contributed by atoms with E-state index in [-0.39, 0.29) is 12.5 Å². The van der Waals surface area contributed by atoms with Gasteiger partial charge in [-0.15, -0.1) is 0 Å². The minimum Gasteiger partial charge on any atom is -0.618 e. The monoisotopic (exact) mass is 330 g/mol. The van der Waals surface area contributed by atoms with Crippen LogP contribution in [0.15, 0.2) is 42.6 Å². The Balaban J connectivity index is 1.63. The van der Waals surface area contributed by atoms with Gasteiger partial charge in [0.1, 0.15) is 0 Å². The maximum Gasteiger partial charge on any atom is 0.405 e. The molecule has 1 aromatic carbocycles. The quantitative estimate of drug-likeness (QED) is 0.514. The number of nitrogens with zero attached hydrogens (tertiary/aromatic N) is 1. The lowest BCUT2D eigenvalue weighted by Gasteiger charge is -2.13. The van der Waals surface area contributed by atoms with Gasteiger partial charge in [-0.2, -0.15) is 4.73 Å². The van der Waals surface area contributed by atoms with Crippen molar-refractivity contribution in [3.63, 3.8) is 0 Å². The van der Waals surface area contributed by atoms with Crippen molar-refractivity contribution in [1.82, 2.24) is 0 Å². The van der Waals surface area contributed by atoms with Crippen LogP contribution in [0.2, 0.25) is 0 Å². The average molecular weight is 330 g/mol. The first-order chi connectivity index (χ1) is 11.5. The zero-order chi connectivity index (χ0) is 17.1. The first kappa shape index (κ1) is 15.6. The van der Waals surface area contributed by atoms with Crippen molar-refractivity contribution in [3.05, 3.63) is 53.5 Å². The van der Waals surface area contributed by atoms with Crippen molar-refractivity contribution in [2.75, 3.05) is 12.1 Å². The van der Waals surface area contributed by atoms with E-state index in [1.807, 2.05) is 0 Å². The van der Waals surface area contributed by atoms with Crippen molar-refractivity contribution in [2.24, 2.45) is 0 Å². The molecule has 1 N–H and O–H groups in total. The number of aromatic nitrogens is 1. The molecule has 124 valence electrons. The number of anilines is 1. The molecule has 2 aromatic rings. The lowest BCUT2D eigenvalue weighted by Crippen LogP contribution is -2.37. The zero-order valence-electron chi connectivity index (χ0n) is 12.7. The third kappa shape index (κ3) is 3.22. The van der Waals surface area contributed by atoms with Crippen LogP contribution in [0.5, 0.6) is 11.5 Å². The van der Waals surface area contributed by atoms with Gasteiger partial charge in [0.05, 0.1) is 0 Å². The van der Waals surface area contributed by atoms with E-state index in [4.69, 9.17) is 14.2 Å². The number of amides is 1. The van der Waals surface area contributed by atoms with Gasteiger partial charge in [0.2, 0.25) is 6.79 Å². The predicted molar refractivity (Wildman–Crippen MR) is 81.5 cm³/mol. The molecule has 3 rings (SSSR count). The molecule has 1 amide bonds. The molecule has 0 unspecified atom stereocenters. The molecule has 0 aliphatic carbocycles. The summed E-state index contributed by atoms with van der Waals surface area (Å²) in [7, 11) is 0. The lowest BCUT2D eigenvalue weighted by molar-refractivity contribution is -0.608. The van der Waals surface area contributed by atoms with Gasteiger partial charge < -0.3 is 24.7 Å². The smallest absolute Gasteiger partial charge is 0.405 e. The number of ether oxygens (including phenoxy) is 3. The summed E-state index contributed by atoms with van der Waals surface area (Å²) in [6.45, 7) is 1.55. The number of hydrogen-bond donors (Lipinski definition) is 1. The van der Waals surface area contributed by atoms with Crippen LogP contribution in [0.1, 0.15) is 17.4 Å². The van der Waals surface area contributed by atoms with Crippen LogP contribution in [0.3, 0.4) is 0 Å². The highest BCUT2D eigenvalue weighted by Crippen LogP contribution is 2.34. The van der Waals surface area contributed by atoms with Crippen LogP contribution in [-0.2, 0) is 9.53 Å². The number of hydrogen-bond acceptors (Lipinski definition) is 6. The number of carbonyl (C=O) groups excluding carboxylic acids is 2. The SMILES string of the molecule is C[C@@H](OC(=O)c1cccc[n+]1[O-])C(=O)Nc1ccc2c(c1)OCO2. The highest BCUT2D eigenvalue weighted by atomic mass is 16.7. The van der Waals surface area contributed by atoms with Gasteiger partial charge >= 0.3 is 11.7 Å². The number of rotatable bonds is 4. The van der Waals surface area contributed by atoms with Crippen molar-refractivity contribution < 1.29 is 28.5 Å². The molecule has 8 heteroatoms. The third-order valence-electron chi connectivity index (χ3n) is 3.33. The number of benzene rings is 1. The van der Waals surface area contributed by atoms with Gasteiger partial charge in [-0.25, -0.2) is 4.79 Å². The molecule has 2 heterocycles. The van der Waals surface area contributed by atoms with E-state index < -0.39 is 18.0 Å². The van der Waals surface area contributed by atoms with E-state index in [1.165, 1.54) is 31.3 Å². The molecular weight excluding hydrogens is 316 g/mol. The summed E-state index contributed by atoms with van der Waals surface area (Å²) in [5.74, 6) is -0.291. The Morgan fingerprint density at radius 3 is 2.83 bits per heavy atom. The molecule has 0 bridgehead atoms. The Kier molecular flexibility index (Phi) is 4.19. The standard InChI is InChI=1S/C16H14N2O6/c1-10(24-16(20)12-4-2-3-7-18(12)21)15(19)17-11-5-6-13-14(8-11)23-9-22-13/h2-8,10H,9H2,1H3,(H,17,19)/t10-/m1/s1. The number of esters is 1. The largest absolute Gasteiger partial charge is 0.618 e. The van der Waals surface area contributed by atoms with Gasteiger partial charge in [0, 0.05) is 23.9 Å². The van der Waals surface area contributed by atoms with E-state index in [0.29, 0.717) is 21.9 Å². The summed E-state index contributed by atoms with van der Waals surface area (Å²) < 4.78 is 15.8. The minimum atomic E-state index is -1.08. The molecule has 0 fully saturated rings. The van der Waals surface area contributed by atoms with E-state index in [1.54, 1.807) is 18.2 Å². The first-order valence-corrected chi connectivity index (χ1v) is 7.14. The summed E-state index contributed by atoms with van der Waals surface area (Å²) in [5, 5.41) is 14.1. The fraction of sp³-hybridized carbons (Fsp3) is 0.188. The van der Waals surface area contributed by atoms with Gasteiger partial charge in [0.25, 0.3) is 5.91 Å². The zero-order valence-corrected chi connectivity index (χ0v) is 12.7. The molecule has 0 saturated carbocycles. The van der Waals surface area contributed by atoms with Crippen molar-refractivity contribution in [1.29, 1.82) is 0 Å². The van der Waals surface area contributed by atoms with Crippen molar-refractivity contribution >= 4 is 17.6 Å². The number of nitrogens with one attached hydrogen (secondary N) is 1. The van der Waals surface area contributed by atoms with Crippen LogP contribution in [0.4, 0.5) is 5.69 Å². The molecule has 1 atom stereocenters. The Morgan fingerprint density at radius 1 is 1.25 bits per heavy atom. The second kappa shape index (κ2) is 6.45. The summed E-state index contributed by atoms with van der Waals surface area (Å²) in [4.78, 5) is 24.0. The van der Waals surface area contributed by atoms with E-state index in [2.05, 4.69) is 5.32 Å². The molecule has 0 radical (unpaired) electrons. The van der Waals surface area contributed by atoms with Gasteiger partial charge in [-0.3, -0.25) is 4.79 Å². The molecule has 1 aromatic heterocycles. The predicted octanol–water partition coefficient (Wildman–Crippen LogP) is 1.23. The Bertz CT molecular complexity index is 792. The van der Waals surface area contributed by atoms with Crippen LogP contribution in [-0.4, -0.2) is 24.8 Å². The Morgan fingerprint density at radius 2 is 2.04 bits per heavy atom. The molecule has 0 spiro atoms. The third-order valence-corrected chi connectivity index (χ3v) is 3.33. The summed E-state index contributed by atoms with van der Waals surface area (Å²) in [6, 6.07) is 9.25. The first-order valence-electron chi connectivity index (χ1n) is 7.14. The maximum absolute atomic E-state index is 12.1. The van der Waals surface area contributed by atoms with Crippen molar-refractivity contribution in [3.8, 4) is 11.5 Å². The maximum atomic E-state index is 12.1. The fourth-order valence-electron chi connectivity index (χ4n) is 2.08. The fourth-order valence-corrected chi connectivity index (χ4v) is 2.08. The van der Waals surface area contributed by atoms with Gasteiger partial charge in [-0.05, 0) is 25.1 Å². The summed E-state index contributed by atoms with van der Waals surface area (Å²) in [6.07, 6.45) is 0.0941. The molecule has 24 heavy (non-hydrogen) atoms. The minimum absolute atomic E-state index is 0.132. The normalized spacial score (nSPS) is 13.2. The van der Waals surface area contributed by atoms with E-state index >= 15 is 0 Å². The number of fused-ring (bicyclic) bond motifs is 1. The summed E-state index contributed by atoms with van der Waals surface area (Å²) >= 11 is 0. The second-order valence-corrected chi connectivity index (χ2v) is 5.02. The highest BCUT2D eigenvalue weighted by Gasteiger charge is 2.24.